The fourth-order valence-electron chi connectivity index (χ4n) is 0. The van der Waals surface area contributed by atoms with Crippen LogP contribution in [0.15, 0.2) is 0 Å². The molecule has 0 atom stereocenters. The zero-order valence-electron chi connectivity index (χ0n) is 4.18. The number of hydrogen-bond acceptors (Lipinski definition) is 0. The molecule has 0 aromatic heterocycles. The Labute approximate surface area is 83.5 Å². The molecule has 0 bridgehead atoms. The first-order chi connectivity index (χ1) is 3.91. The number of alkyl halides is 2. The Balaban J connectivity index is 0. The van der Waals surface area contributed by atoms with Gasteiger partial charge in [-0.2, -0.15) is 0 Å². The number of halogens is 6. The summed E-state index contributed by atoms with van der Waals surface area (Å²) in [7, 11) is 20.1. The van der Waals surface area contributed by atoms with E-state index in [0.717, 1.165) is 0 Å². The molecule has 0 saturated carbocycles. The van der Waals surface area contributed by atoms with Crippen molar-refractivity contribution in [3.63, 3.8) is 0 Å². The molecule has 0 N–H and O–H groups in total. The van der Waals surface area contributed by atoms with Gasteiger partial charge in [-0.3, -0.25) is 0 Å². The Bertz CT molecular complexity index is 41.5. The van der Waals surface area contributed by atoms with Gasteiger partial charge in [0.05, 0.1) is 0 Å². The Morgan fingerprint density at radius 3 is 0.889 bits per heavy atom. The van der Waals surface area contributed by atoms with Gasteiger partial charge in [0, 0.05) is 11.8 Å². The predicted octanol–water partition coefficient (Wildman–Crippen LogP) is 4.22. The van der Waals surface area contributed by atoms with Gasteiger partial charge in [-0.25, -0.2) is 0 Å². The van der Waals surface area contributed by atoms with E-state index in [4.69, 9.17) is 60.4 Å². The van der Waals surface area contributed by atoms with Crippen molar-refractivity contribution in [1.29, 1.82) is 0 Å². The molecule has 0 nitrogen and oxygen atoms in total. The van der Waals surface area contributed by atoms with Gasteiger partial charge in [-0.1, -0.05) is 0 Å². The van der Waals surface area contributed by atoms with Crippen LogP contribution in [-0.4, -0.2) is 11.8 Å². The van der Waals surface area contributed by atoms with Crippen LogP contribution in [0.2, 0.25) is 0 Å². The molecule has 0 unspecified atom stereocenters. The molecule has 0 aliphatic carbocycles. The molecule has 0 aromatic rings. The second-order valence-electron chi connectivity index (χ2n) is 0.807. The van der Waals surface area contributed by atoms with Crippen molar-refractivity contribution in [3.8, 4) is 0 Å². The van der Waals surface area contributed by atoms with Crippen molar-refractivity contribution in [1.82, 2.24) is 0 Å². The van der Waals surface area contributed by atoms with E-state index in [1.54, 1.807) is 0 Å². The quantitative estimate of drug-likeness (QED) is 0.500. The SMILES string of the molecule is ClCCCl.[Cl][Ti]([Cl])([Cl])[Cl]. The summed E-state index contributed by atoms with van der Waals surface area (Å²) >= 11 is 7.00. The van der Waals surface area contributed by atoms with Crippen molar-refractivity contribution in [3.05, 3.63) is 0 Å². The molecule has 9 heavy (non-hydrogen) atoms. The summed E-state index contributed by atoms with van der Waals surface area (Å²) in [5, 5.41) is 0. The topological polar surface area (TPSA) is 0 Å². The molecule has 0 aliphatic rings. The molecule has 0 heterocycles. The summed E-state index contributed by atoms with van der Waals surface area (Å²) in [4.78, 5) is 0. The molecule has 0 saturated heterocycles. The molecule has 0 amide bonds. The molecular formula is C2H4Cl6Ti. The normalized spacial score (nSPS) is 10.0. The number of hydrogen-bond donors (Lipinski definition) is 0. The van der Waals surface area contributed by atoms with Crippen LogP contribution in [0.25, 0.3) is 0 Å². The van der Waals surface area contributed by atoms with Crippen LogP contribution in [0.1, 0.15) is 0 Å². The average molecular weight is 289 g/mol. The molecule has 0 spiro atoms. The molecule has 0 rings (SSSR count). The Morgan fingerprint density at radius 2 is 0.889 bits per heavy atom. The van der Waals surface area contributed by atoms with Crippen molar-refractivity contribution < 1.29 is 12.3 Å². The summed E-state index contributed by atoms with van der Waals surface area (Å²) in [5.74, 6) is 1.11. The Hall–Kier alpha value is 2.45. The molecule has 0 aliphatic heterocycles. The van der Waals surface area contributed by atoms with Crippen LogP contribution in [0.4, 0.5) is 0 Å². The zero-order chi connectivity index (χ0) is 7.91. The van der Waals surface area contributed by atoms with Gasteiger partial charge in [0.25, 0.3) is 0 Å². The van der Waals surface area contributed by atoms with Crippen LogP contribution in [0, 0.1) is 0 Å². The minimum atomic E-state index is -3.11. The first kappa shape index (κ1) is 14.0. The van der Waals surface area contributed by atoms with E-state index >= 15 is 0 Å². The fraction of sp³-hybridized carbons (Fsp3) is 1.00. The van der Waals surface area contributed by atoms with E-state index in [0.29, 0.717) is 11.8 Å². The molecule has 58 valence electrons. The third kappa shape index (κ3) is 62.6. The maximum absolute atomic E-state index is 5.05. The van der Waals surface area contributed by atoms with Crippen molar-refractivity contribution >= 4 is 60.4 Å². The van der Waals surface area contributed by atoms with Crippen molar-refractivity contribution in [2.75, 3.05) is 11.8 Å². The predicted molar refractivity (Wildman–Crippen MR) is 44.9 cm³/mol. The van der Waals surface area contributed by atoms with Gasteiger partial charge in [0.2, 0.25) is 0 Å². The van der Waals surface area contributed by atoms with Gasteiger partial charge in [-0.05, 0) is 0 Å². The van der Waals surface area contributed by atoms with Crippen LogP contribution in [-0.2, 0) is 12.3 Å². The maximum atomic E-state index is 5.05. The van der Waals surface area contributed by atoms with E-state index in [2.05, 4.69) is 0 Å². The summed E-state index contributed by atoms with van der Waals surface area (Å²) in [6.07, 6.45) is 0. The monoisotopic (exact) mass is 286 g/mol. The molecule has 0 aromatic carbocycles. The third-order valence-corrected chi connectivity index (χ3v) is 0.643. The van der Waals surface area contributed by atoms with Crippen LogP contribution >= 0.6 is 60.4 Å². The standard InChI is InChI=1S/C2H4Cl2.4ClH.Ti/c3-1-2-4;;;;;/h1-2H2;4*1H;/q;;;;;+4/p-4. The molecule has 7 heteroatoms. The van der Waals surface area contributed by atoms with Crippen LogP contribution in [0.3, 0.4) is 0 Å². The van der Waals surface area contributed by atoms with Gasteiger partial charge < -0.3 is 0 Å². The third-order valence-electron chi connectivity index (χ3n) is 0.0714. The Morgan fingerprint density at radius 1 is 0.778 bits per heavy atom. The number of rotatable bonds is 1. The van der Waals surface area contributed by atoms with Crippen LogP contribution < -0.4 is 0 Å². The van der Waals surface area contributed by atoms with Crippen LogP contribution in [0.5, 0.6) is 0 Å². The van der Waals surface area contributed by atoms with Gasteiger partial charge in [-0.15, -0.1) is 23.2 Å². The van der Waals surface area contributed by atoms with Crippen molar-refractivity contribution in [2.45, 2.75) is 0 Å². The second kappa shape index (κ2) is 8.55. The average Bonchev–Trinajstić information content (AvgIpc) is 1.61. The van der Waals surface area contributed by atoms with E-state index in [9.17, 15) is 0 Å². The second-order valence-corrected chi connectivity index (χ2v) is 17.0. The minimum absolute atomic E-state index is 0.557. The summed E-state index contributed by atoms with van der Waals surface area (Å²) < 4.78 is 0. The molecule has 0 fully saturated rings. The molecule has 0 radical (unpaired) electrons. The van der Waals surface area contributed by atoms with E-state index < -0.39 is 12.3 Å². The van der Waals surface area contributed by atoms with Gasteiger partial charge in [0.15, 0.2) is 0 Å². The first-order valence-corrected chi connectivity index (χ1v) is 11.5. The van der Waals surface area contributed by atoms with E-state index in [1.165, 1.54) is 0 Å². The van der Waals surface area contributed by atoms with Gasteiger partial charge >= 0.3 is 49.6 Å². The summed E-state index contributed by atoms with van der Waals surface area (Å²) in [6.45, 7) is 0. The molecular weight excluding hydrogens is 285 g/mol. The summed E-state index contributed by atoms with van der Waals surface area (Å²) in [5.41, 5.74) is 0. The Kier molecular flexibility index (Phi) is 13.3. The zero-order valence-corrected chi connectivity index (χ0v) is 10.3. The first-order valence-electron chi connectivity index (χ1n) is 1.79. The summed E-state index contributed by atoms with van der Waals surface area (Å²) in [6, 6.07) is 0. The van der Waals surface area contributed by atoms with E-state index in [1.807, 2.05) is 0 Å². The van der Waals surface area contributed by atoms with Gasteiger partial charge in [0.1, 0.15) is 0 Å². The fourth-order valence-corrected chi connectivity index (χ4v) is 0. The van der Waals surface area contributed by atoms with E-state index in [-0.39, 0.29) is 0 Å². The van der Waals surface area contributed by atoms with Crippen molar-refractivity contribution in [2.24, 2.45) is 0 Å².